The average Bonchev–Trinajstić information content (AvgIpc) is 3.49. The van der Waals surface area contributed by atoms with Crippen LogP contribution in [0.25, 0.3) is 33.5 Å². The van der Waals surface area contributed by atoms with Gasteiger partial charge in [-0.05, 0) is 83.9 Å². The largest absolute Gasteiger partial charge is 0.444 e. The molecule has 0 aliphatic carbocycles. The number of hydrogen-bond donors (Lipinski definition) is 2. The Morgan fingerprint density at radius 3 is 2.32 bits per heavy atom. The Labute approximate surface area is 238 Å². The van der Waals surface area contributed by atoms with Crippen molar-refractivity contribution in [2.75, 3.05) is 18.8 Å². The van der Waals surface area contributed by atoms with Crippen molar-refractivity contribution in [1.82, 2.24) is 23.8 Å². The summed E-state index contributed by atoms with van der Waals surface area (Å²) < 4.78 is 46.6. The molecule has 4 aromatic rings. The molecule has 3 heterocycles. The van der Waals surface area contributed by atoms with Crippen molar-refractivity contribution in [1.29, 1.82) is 0 Å². The maximum absolute atomic E-state index is 13.8. The van der Waals surface area contributed by atoms with Gasteiger partial charge in [-0.15, -0.1) is 0 Å². The summed E-state index contributed by atoms with van der Waals surface area (Å²) in [6.45, 7) is 9.76. The van der Waals surface area contributed by atoms with E-state index in [0.717, 1.165) is 15.4 Å². The van der Waals surface area contributed by atoms with Crippen LogP contribution in [-0.4, -0.2) is 62.3 Å². The van der Waals surface area contributed by atoms with Crippen molar-refractivity contribution >= 4 is 33.1 Å². The van der Waals surface area contributed by atoms with E-state index in [1.54, 1.807) is 43.0 Å². The van der Waals surface area contributed by atoms with Gasteiger partial charge >= 0.3 is 6.09 Å². The van der Waals surface area contributed by atoms with Crippen LogP contribution in [0.15, 0.2) is 42.5 Å². The van der Waals surface area contributed by atoms with Crippen LogP contribution in [0.2, 0.25) is 0 Å². The molecule has 1 aliphatic heterocycles. The van der Waals surface area contributed by atoms with E-state index >= 15 is 0 Å². The van der Waals surface area contributed by atoms with Crippen molar-refractivity contribution in [3.63, 3.8) is 0 Å². The van der Waals surface area contributed by atoms with Crippen LogP contribution in [0.1, 0.15) is 59.2 Å². The van der Waals surface area contributed by atoms with Gasteiger partial charge in [-0.25, -0.2) is 31.5 Å². The summed E-state index contributed by atoms with van der Waals surface area (Å²) in [7, 11) is -3.78. The first kappa shape index (κ1) is 28.6. The van der Waals surface area contributed by atoms with E-state index in [1.807, 2.05) is 26.8 Å². The van der Waals surface area contributed by atoms with Crippen molar-refractivity contribution < 1.29 is 22.3 Å². The molecule has 0 bridgehead atoms. The Hall–Kier alpha value is -3.93. The molecule has 2 aromatic carbocycles. The zero-order valence-electron chi connectivity index (χ0n) is 23.8. The number of aromatic nitrogens is 4. The number of ether oxygens (including phenoxy) is 1. The summed E-state index contributed by atoms with van der Waals surface area (Å²) in [6, 6.07) is 11.4. The number of rotatable bonds is 5. The Morgan fingerprint density at radius 1 is 1.07 bits per heavy atom. The molecule has 0 atom stereocenters. The topological polar surface area (TPSA) is 136 Å². The summed E-state index contributed by atoms with van der Waals surface area (Å²) in [5, 5.41) is -0.704. The van der Waals surface area contributed by atoms with Crippen LogP contribution >= 0.6 is 0 Å². The second kappa shape index (κ2) is 10.5. The molecule has 2 aromatic heterocycles. The lowest BCUT2D eigenvalue weighted by molar-refractivity contribution is 0.0203. The predicted octanol–water partition coefficient (Wildman–Crippen LogP) is 5.52. The van der Waals surface area contributed by atoms with E-state index in [4.69, 9.17) is 15.5 Å². The Morgan fingerprint density at radius 2 is 1.71 bits per heavy atom. The smallest absolute Gasteiger partial charge is 0.410 e. The number of nitrogens with two attached hydrogens (primary N) is 1. The molecule has 1 fully saturated rings. The summed E-state index contributed by atoms with van der Waals surface area (Å²) in [6.07, 6.45) is 1.04. The first-order chi connectivity index (χ1) is 19.2. The zero-order chi connectivity index (χ0) is 29.7. The van der Waals surface area contributed by atoms with Crippen LogP contribution < -0.4 is 5.73 Å². The highest BCUT2D eigenvalue weighted by Gasteiger charge is 2.30. The minimum Gasteiger partial charge on any atom is -0.444 e. The van der Waals surface area contributed by atoms with Gasteiger partial charge in [-0.2, -0.15) is 0 Å². The fraction of sp³-hybridized carbons (Fsp3) is 0.414. The number of nitrogen functional groups attached to an aromatic ring is 1. The van der Waals surface area contributed by atoms with Crippen molar-refractivity contribution in [2.24, 2.45) is 0 Å². The molecule has 5 rings (SSSR count). The number of imidazole rings is 2. The van der Waals surface area contributed by atoms with E-state index in [-0.39, 0.29) is 23.8 Å². The third-order valence-electron chi connectivity index (χ3n) is 7.15. The van der Waals surface area contributed by atoms with Gasteiger partial charge in [0.25, 0.3) is 0 Å². The second-order valence-electron chi connectivity index (χ2n) is 11.6. The number of hydrogen-bond acceptors (Lipinski definition) is 7. The van der Waals surface area contributed by atoms with Crippen molar-refractivity contribution in [2.45, 2.75) is 64.2 Å². The molecule has 1 saturated heterocycles. The monoisotopic (exact) mass is 582 g/mol. The number of piperidine rings is 1. The highest BCUT2D eigenvalue weighted by molar-refractivity contribution is 7.90. The number of likely N-dealkylation sites (tertiary alicyclic amines) is 1. The molecule has 10 nitrogen and oxygen atoms in total. The van der Waals surface area contributed by atoms with Crippen LogP contribution in [0.4, 0.5) is 15.1 Å². The molecule has 0 radical (unpaired) electrons. The standard InChI is InChI=1S/C29H35FN6O4S/c1-17(2)41(38,39)36-23-16-20(8-11-22(23)32-27(36)31)25-24(18-6-9-21(30)10-7-18)33-26(34-25)19-12-14-35(15-13-19)28(37)40-29(3,4)5/h6-11,16-17,19H,12-15H2,1-5H3,(H2,31,32)(H,33,34). The molecule has 1 amide bonds. The normalized spacial score (nSPS) is 15.1. The van der Waals surface area contributed by atoms with Gasteiger partial charge in [0.2, 0.25) is 16.0 Å². The maximum Gasteiger partial charge on any atom is 0.410 e. The number of H-pyrrole nitrogens is 1. The lowest BCUT2D eigenvalue weighted by Gasteiger charge is -2.32. The predicted molar refractivity (Wildman–Crippen MR) is 156 cm³/mol. The van der Waals surface area contributed by atoms with E-state index in [0.29, 0.717) is 53.9 Å². The lowest BCUT2D eigenvalue weighted by Crippen LogP contribution is -2.41. The van der Waals surface area contributed by atoms with Gasteiger partial charge in [0, 0.05) is 30.1 Å². The quantitative estimate of drug-likeness (QED) is 0.316. The van der Waals surface area contributed by atoms with Gasteiger partial charge in [0.1, 0.15) is 17.2 Å². The zero-order valence-corrected chi connectivity index (χ0v) is 24.6. The Balaban J connectivity index is 1.54. The third-order valence-corrected chi connectivity index (χ3v) is 9.23. The highest BCUT2D eigenvalue weighted by atomic mass is 32.2. The number of fused-ring (bicyclic) bond motifs is 1. The fourth-order valence-corrected chi connectivity index (χ4v) is 6.12. The van der Waals surface area contributed by atoms with Crippen molar-refractivity contribution in [3.05, 3.63) is 54.1 Å². The molecule has 0 spiro atoms. The summed E-state index contributed by atoms with van der Waals surface area (Å²) in [5.74, 6) is 0.326. The minimum absolute atomic E-state index is 0.0489. The number of benzene rings is 2. The molecule has 0 unspecified atom stereocenters. The molecule has 3 N–H and O–H groups in total. The summed E-state index contributed by atoms with van der Waals surface area (Å²) in [4.78, 5) is 26.9. The van der Waals surface area contributed by atoms with Crippen LogP contribution in [0.3, 0.4) is 0 Å². The fourth-order valence-electron chi connectivity index (χ4n) is 4.98. The molecule has 41 heavy (non-hydrogen) atoms. The van der Waals surface area contributed by atoms with Crippen LogP contribution in [-0.2, 0) is 14.8 Å². The molecular weight excluding hydrogens is 547 g/mol. The average molecular weight is 583 g/mol. The molecule has 0 saturated carbocycles. The first-order valence-electron chi connectivity index (χ1n) is 13.6. The van der Waals surface area contributed by atoms with Gasteiger partial charge in [-0.3, -0.25) is 0 Å². The van der Waals surface area contributed by atoms with Gasteiger partial charge < -0.3 is 20.4 Å². The van der Waals surface area contributed by atoms with E-state index in [2.05, 4.69) is 9.97 Å². The number of aromatic amines is 1. The van der Waals surface area contributed by atoms with Gasteiger partial charge in [0.15, 0.2) is 0 Å². The van der Waals surface area contributed by atoms with Crippen LogP contribution in [0.5, 0.6) is 0 Å². The molecule has 1 aliphatic rings. The third kappa shape index (κ3) is 5.65. The Bertz CT molecular complexity index is 1700. The minimum atomic E-state index is -3.78. The second-order valence-corrected chi connectivity index (χ2v) is 14.0. The highest BCUT2D eigenvalue weighted by Crippen LogP contribution is 2.37. The number of amides is 1. The number of carbonyl (C=O) groups excluding carboxylic acids is 1. The molecular formula is C29H35FN6O4S. The number of carbonyl (C=O) groups is 1. The maximum atomic E-state index is 13.8. The summed E-state index contributed by atoms with van der Waals surface area (Å²) >= 11 is 0. The number of halogens is 1. The number of anilines is 1. The molecule has 218 valence electrons. The molecule has 12 heteroatoms. The van der Waals surface area contributed by atoms with Gasteiger partial charge in [0.05, 0.1) is 27.7 Å². The van der Waals surface area contributed by atoms with E-state index in [1.165, 1.54) is 12.1 Å². The Kier molecular flexibility index (Phi) is 7.31. The lowest BCUT2D eigenvalue weighted by atomic mass is 9.96. The number of nitrogens with one attached hydrogen (secondary N) is 1. The first-order valence-corrected chi connectivity index (χ1v) is 15.1. The summed E-state index contributed by atoms with van der Waals surface area (Å²) in [5.41, 5.74) is 8.95. The van der Waals surface area contributed by atoms with E-state index < -0.39 is 20.9 Å². The van der Waals surface area contributed by atoms with Crippen molar-refractivity contribution in [3.8, 4) is 22.5 Å². The van der Waals surface area contributed by atoms with Crippen LogP contribution in [0, 0.1) is 5.82 Å². The SMILES string of the molecule is CC(C)S(=O)(=O)n1c(N)nc2ccc(-c3nc(C4CCN(C(=O)OC(C)(C)C)CC4)[nH]c3-c3ccc(F)cc3)cc21. The van der Waals surface area contributed by atoms with Gasteiger partial charge in [-0.1, -0.05) is 6.07 Å². The number of nitrogens with zero attached hydrogens (tertiary/aromatic N) is 4. The van der Waals surface area contributed by atoms with E-state index in [9.17, 15) is 17.6 Å².